The minimum Gasteiger partial charge on any atom is -0.491 e. The number of nitrogens with zero attached hydrogens (tertiary/aromatic N) is 3. The number of carbonyl (C=O) groups excluding carboxylic acids is 1. The highest BCUT2D eigenvalue weighted by Gasteiger charge is 2.19. The summed E-state index contributed by atoms with van der Waals surface area (Å²) in [5.41, 5.74) is 3.81. The number of fused-ring (bicyclic) bond motifs is 1. The van der Waals surface area contributed by atoms with Gasteiger partial charge in [0.05, 0.1) is 22.8 Å². The van der Waals surface area contributed by atoms with Crippen LogP contribution in [0.4, 0.5) is 0 Å². The van der Waals surface area contributed by atoms with Gasteiger partial charge in [-0.2, -0.15) is 5.10 Å². The first-order valence-corrected chi connectivity index (χ1v) is 11.0. The highest BCUT2D eigenvalue weighted by Crippen LogP contribution is 2.26. The number of aromatic nitrogens is 3. The summed E-state index contributed by atoms with van der Waals surface area (Å²) in [5, 5.41) is 18.3. The molecule has 1 amide bonds. The van der Waals surface area contributed by atoms with Gasteiger partial charge in [-0.3, -0.25) is 4.79 Å². The maximum atomic E-state index is 13.1. The average Bonchev–Trinajstić information content (AvgIpc) is 3.25. The smallest absolute Gasteiger partial charge is 0.252 e. The van der Waals surface area contributed by atoms with E-state index < -0.39 is 6.10 Å². The van der Waals surface area contributed by atoms with Crippen molar-refractivity contribution in [2.75, 3.05) is 13.2 Å². The molecule has 4 rings (SSSR count). The minimum absolute atomic E-state index is 0.0629. The Bertz CT molecular complexity index is 1250. The predicted molar refractivity (Wildman–Crippen MR) is 128 cm³/mol. The molecule has 0 bridgehead atoms. The van der Waals surface area contributed by atoms with Crippen LogP contribution in [0.5, 0.6) is 5.75 Å². The van der Waals surface area contributed by atoms with Crippen LogP contribution in [-0.2, 0) is 0 Å². The van der Waals surface area contributed by atoms with Gasteiger partial charge in [0, 0.05) is 18.2 Å². The fourth-order valence-corrected chi connectivity index (χ4v) is 3.60. The van der Waals surface area contributed by atoms with Crippen LogP contribution in [-0.4, -0.2) is 45.0 Å². The maximum Gasteiger partial charge on any atom is 0.252 e. The minimum atomic E-state index is -0.848. The van der Waals surface area contributed by atoms with Crippen molar-refractivity contribution < 1.29 is 14.6 Å². The summed E-state index contributed by atoms with van der Waals surface area (Å²) >= 11 is 0. The molecule has 7 nitrogen and oxygen atoms in total. The number of pyridine rings is 1. The van der Waals surface area contributed by atoms with E-state index in [-0.39, 0.29) is 25.1 Å². The molecule has 1 atom stereocenters. The lowest BCUT2D eigenvalue weighted by Gasteiger charge is -2.14. The molecule has 0 spiro atoms. The summed E-state index contributed by atoms with van der Waals surface area (Å²) in [6.07, 6.45) is 0.822. The normalized spacial score (nSPS) is 12.2. The van der Waals surface area contributed by atoms with E-state index in [1.165, 1.54) is 0 Å². The van der Waals surface area contributed by atoms with E-state index in [9.17, 15) is 9.90 Å². The van der Waals surface area contributed by atoms with Gasteiger partial charge in [0.1, 0.15) is 18.5 Å². The fourth-order valence-electron chi connectivity index (χ4n) is 3.60. The summed E-state index contributed by atoms with van der Waals surface area (Å²) in [5.74, 6) is 0.391. The van der Waals surface area contributed by atoms with E-state index in [0.29, 0.717) is 28.0 Å². The van der Waals surface area contributed by atoms with E-state index >= 15 is 0 Å². The van der Waals surface area contributed by atoms with Crippen LogP contribution >= 0.6 is 0 Å². The molecule has 2 N–H and O–H groups in total. The van der Waals surface area contributed by atoms with Gasteiger partial charge in [-0.1, -0.05) is 42.5 Å². The first-order chi connectivity index (χ1) is 15.9. The zero-order chi connectivity index (χ0) is 23.4. The van der Waals surface area contributed by atoms with Gasteiger partial charge in [-0.25, -0.2) is 9.67 Å². The van der Waals surface area contributed by atoms with Crippen LogP contribution < -0.4 is 10.1 Å². The Kier molecular flexibility index (Phi) is 6.70. The number of hydrogen-bond acceptors (Lipinski definition) is 5. The number of ether oxygens (including phenoxy) is 1. The van der Waals surface area contributed by atoms with Crippen molar-refractivity contribution in [3.8, 4) is 17.0 Å². The molecule has 0 aliphatic carbocycles. The van der Waals surface area contributed by atoms with E-state index in [1.807, 2.05) is 80.1 Å². The Balaban J connectivity index is 1.53. The lowest BCUT2D eigenvalue weighted by molar-refractivity contribution is 0.0845. The first kappa shape index (κ1) is 22.5. The Morgan fingerprint density at radius 3 is 2.64 bits per heavy atom. The van der Waals surface area contributed by atoms with Crippen molar-refractivity contribution in [2.24, 2.45) is 0 Å². The quantitative estimate of drug-likeness (QED) is 0.426. The van der Waals surface area contributed by atoms with E-state index in [1.54, 1.807) is 12.3 Å². The second-order valence-corrected chi connectivity index (χ2v) is 8.33. The van der Waals surface area contributed by atoms with Crippen molar-refractivity contribution in [1.29, 1.82) is 0 Å². The SMILES string of the molecule is Cc1cccc(OCC(O)CNC(=O)c2cc(-c3ccccc3)nc3c2cnn3C(C)C)c1. The number of aliphatic hydroxyl groups excluding tert-OH is 1. The fraction of sp³-hybridized carbons (Fsp3) is 0.269. The molecule has 4 aromatic rings. The molecule has 0 aliphatic rings. The number of benzene rings is 2. The molecule has 2 aromatic carbocycles. The Hall–Kier alpha value is -3.71. The average molecular weight is 445 g/mol. The summed E-state index contributed by atoms with van der Waals surface area (Å²) in [6.45, 7) is 6.16. The molecular formula is C26H28N4O3. The molecule has 0 saturated carbocycles. The zero-order valence-electron chi connectivity index (χ0n) is 19.0. The number of hydrogen-bond donors (Lipinski definition) is 2. The van der Waals surface area contributed by atoms with Crippen LogP contribution in [0.3, 0.4) is 0 Å². The van der Waals surface area contributed by atoms with E-state index in [0.717, 1.165) is 11.1 Å². The predicted octanol–water partition coefficient (Wildman–Crippen LogP) is 4.16. The van der Waals surface area contributed by atoms with Crippen LogP contribution in [0.15, 0.2) is 66.9 Å². The van der Waals surface area contributed by atoms with Crippen molar-refractivity contribution >= 4 is 16.9 Å². The molecule has 1 unspecified atom stereocenters. The van der Waals surface area contributed by atoms with Gasteiger partial charge in [0.25, 0.3) is 5.91 Å². The second kappa shape index (κ2) is 9.83. The van der Waals surface area contributed by atoms with Crippen molar-refractivity contribution in [1.82, 2.24) is 20.1 Å². The number of carbonyl (C=O) groups is 1. The number of nitrogens with one attached hydrogen (secondary N) is 1. The summed E-state index contributed by atoms with van der Waals surface area (Å²) < 4.78 is 7.45. The molecule has 2 heterocycles. The van der Waals surface area contributed by atoms with E-state index in [4.69, 9.17) is 9.72 Å². The monoisotopic (exact) mass is 444 g/mol. The summed E-state index contributed by atoms with van der Waals surface area (Å²) in [7, 11) is 0. The lowest BCUT2D eigenvalue weighted by atomic mass is 10.1. The van der Waals surface area contributed by atoms with Crippen LogP contribution in [0, 0.1) is 6.92 Å². The van der Waals surface area contributed by atoms with Gasteiger partial charge in [-0.15, -0.1) is 0 Å². The van der Waals surface area contributed by atoms with Crippen molar-refractivity contribution in [3.05, 3.63) is 78.0 Å². The largest absolute Gasteiger partial charge is 0.491 e. The number of amides is 1. The van der Waals surface area contributed by atoms with Gasteiger partial charge >= 0.3 is 0 Å². The van der Waals surface area contributed by atoms with Gasteiger partial charge < -0.3 is 15.2 Å². The molecule has 0 aliphatic heterocycles. The van der Waals surface area contributed by atoms with Gasteiger partial charge in [-0.05, 0) is 44.5 Å². The van der Waals surface area contributed by atoms with E-state index in [2.05, 4.69) is 10.4 Å². The third kappa shape index (κ3) is 5.21. The van der Waals surface area contributed by atoms with Gasteiger partial charge in [0.15, 0.2) is 5.65 Å². The topological polar surface area (TPSA) is 89.3 Å². The zero-order valence-corrected chi connectivity index (χ0v) is 19.0. The number of rotatable bonds is 8. The molecule has 0 radical (unpaired) electrons. The highest BCUT2D eigenvalue weighted by atomic mass is 16.5. The standard InChI is InChI=1S/C26H28N4O3/c1-17(2)30-25-23(15-28-30)22(13-24(29-25)19-9-5-4-6-10-19)26(32)27-14-20(31)16-33-21-11-7-8-18(3)12-21/h4-13,15,17,20,31H,14,16H2,1-3H3,(H,27,32). The Morgan fingerprint density at radius 2 is 1.91 bits per heavy atom. The molecule has 0 fully saturated rings. The Morgan fingerprint density at radius 1 is 1.12 bits per heavy atom. The van der Waals surface area contributed by atoms with Crippen LogP contribution in [0.1, 0.15) is 35.8 Å². The third-order valence-electron chi connectivity index (χ3n) is 5.30. The molecular weight excluding hydrogens is 416 g/mol. The molecule has 33 heavy (non-hydrogen) atoms. The van der Waals surface area contributed by atoms with Gasteiger partial charge in [0.2, 0.25) is 0 Å². The Labute approximate surface area is 193 Å². The second-order valence-electron chi connectivity index (χ2n) is 8.33. The third-order valence-corrected chi connectivity index (χ3v) is 5.30. The highest BCUT2D eigenvalue weighted by molar-refractivity contribution is 6.06. The summed E-state index contributed by atoms with van der Waals surface area (Å²) in [6, 6.07) is 19.2. The molecule has 0 saturated heterocycles. The number of aliphatic hydroxyl groups is 1. The lowest BCUT2D eigenvalue weighted by Crippen LogP contribution is -2.35. The molecule has 170 valence electrons. The van der Waals surface area contributed by atoms with Crippen LogP contribution in [0.25, 0.3) is 22.3 Å². The summed E-state index contributed by atoms with van der Waals surface area (Å²) in [4.78, 5) is 17.9. The maximum absolute atomic E-state index is 13.1. The number of aryl methyl sites for hydroxylation is 1. The molecule has 2 aromatic heterocycles. The first-order valence-electron chi connectivity index (χ1n) is 11.0. The van der Waals surface area contributed by atoms with Crippen LogP contribution in [0.2, 0.25) is 0 Å². The van der Waals surface area contributed by atoms with Crippen molar-refractivity contribution in [3.63, 3.8) is 0 Å². The molecule has 7 heteroatoms. The van der Waals surface area contributed by atoms with Crippen molar-refractivity contribution in [2.45, 2.75) is 32.9 Å².